The van der Waals surface area contributed by atoms with Gasteiger partial charge in [-0.1, -0.05) is 6.07 Å². The van der Waals surface area contributed by atoms with Gasteiger partial charge in [0, 0.05) is 11.8 Å². The first-order chi connectivity index (χ1) is 20.1. The first-order valence-corrected chi connectivity index (χ1v) is 12.2. The number of carbonyl (C=O) groups excluding carboxylic acids is 4. The lowest BCUT2D eigenvalue weighted by Gasteiger charge is -2.13. The van der Waals surface area contributed by atoms with Gasteiger partial charge < -0.3 is 29.3 Å². The van der Waals surface area contributed by atoms with Gasteiger partial charge in [-0.05, 0) is 55.0 Å². The van der Waals surface area contributed by atoms with Crippen LogP contribution >= 0.6 is 0 Å². The third kappa shape index (κ3) is 6.70. The van der Waals surface area contributed by atoms with Crippen LogP contribution in [0.25, 0.3) is 6.08 Å². The molecule has 0 aliphatic carbocycles. The molecule has 4 amide bonds. The number of methoxy groups -OCH3 is 1. The molecule has 42 heavy (non-hydrogen) atoms. The first kappa shape index (κ1) is 29.3. The monoisotopic (exact) mass is 582 g/mol. The van der Waals surface area contributed by atoms with Crippen LogP contribution in [0, 0.1) is 15.9 Å². The van der Waals surface area contributed by atoms with Crippen LogP contribution < -0.4 is 20.1 Å². The second-order valence-corrected chi connectivity index (χ2v) is 8.54. The summed E-state index contributed by atoms with van der Waals surface area (Å²) in [5.41, 5.74) is -0.498. The Morgan fingerprint density at radius 1 is 1.17 bits per heavy atom. The number of hydrogen-bond acceptors (Lipinski definition) is 10. The molecule has 3 aromatic rings. The van der Waals surface area contributed by atoms with Crippen LogP contribution in [-0.4, -0.2) is 54.0 Å². The maximum absolute atomic E-state index is 13.4. The van der Waals surface area contributed by atoms with Crippen LogP contribution in [0.1, 0.15) is 28.8 Å². The Morgan fingerprint density at radius 3 is 2.64 bits per heavy atom. The highest BCUT2D eigenvalue weighted by atomic mass is 19.1. The predicted molar refractivity (Wildman–Crippen MR) is 142 cm³/mol. The van der Waals surface area contributed by atoms with E-state index >= 15 is 0 Å². The summed E-state index contributed by atoms with van der Waals surface area (Å²) in [6, 6.07) is 9.50. The van der Waals surface area contributed by atoms with Gasteiger partial charge in [-0.2, -0.15) is 0 Å². The number of furan rings is 1. The minimum absolute atomic E-state index is 0.0726. The molecule has 0 spiro atoms. The van der Waals surface area contributed by atoms with Gasteiger partial charge in [-0.25, -0.2) is 14.0 Å². The zero-order chi connectivity index (χ0) is 30.4. The number of carbonyl (C=O) groups is 4. The Hall–Kier alpha value is -5.73. The van der Waals surface area contributed by atoms with E-state index in [1.807, 2.05) is 0 Å². The number of esters is 1. The maximum Gasteiger partial charge on any atom is 0.373 e. The van der Waals surface area contributed by atoms with Crippen LogP contribution in [0.5, 0.6) is 11.5 Å². The summed E-state index contributed by atoms with van der Waals surface area (Å²) in [6.45, 7) is 0.735. The SMILES string of the molecule is CCOc1cc(/C=C2\NC(=O)N(Cc3ccc(C(=O)OC)o3)C2=O)cc([N+](=O)[O-])c1OCC(=O)Nc1cccc(F)c1. The van der Waals surface area contributed by atoms with Crippen molar-refractivity contribution in [2.75, 3.05) is 25.6 Å². The average molecular weight is 582 g/mol. The molecule has 218 valence electrons. The van der Waals surface area contributed by atoms with Crippen LogP contribution in [-0.2, 0) is 20.9 Å². The lowest BCUT2D eigenvalue weighted by molar-refractivity contribution is -0.385. The van der Waals surface area contributed by atoms with Crippen molar-refractivity contribution >= 4 is 41.3 Å². The number of nitro benzene ring substituents is 1. The number of nitrogens with one attached hydrogen (secondary N) is 2. The standard InChI is InChI=1S/C27H23FN4O10/c1-3-40-22-11-15(9-19-25(34)31(27(36)30-19)13-18-7-8-21(42-18)26(35)39-2)10-20(32(37)38)24(22)41-14-23(33)29-17-6-4-5-16(28)12-17/h4-12H,3,13-14H2,1-2H3,(H,29,33)(H,30,36)/b19-9-. The van der Waals surface area contributed by atoms with Crippen molar-refractivity contribution in [3.63, 3.8) is 0 Å². The van der Waals surface area contributed by atoms with Gasteiger partial charge in [-0.3, -0.25) is 24.6 Å². The fourth-order valence-electron chi connectivity index (χ4n) is 3.85. The Kier molecular flexibility index (Phi) is 8.80. The minimum Gasteiger partial charge on any atom is -0.490 e. The van der Waals surface area contributed by atoms with Crippen molar-refractivity contribution in [2.45, 2.75) is 13.5 Å². The van der Waals surface area contributed by atoms with Crippen LogP contribution in [0.15, 0.2) is 58.6 Å². The number of urea groups is 1. The molecule has 2 heterocycles. The van der Waals surface area contributed by atoms with E-state index in [1.54, 1.807) is 6.92 Å². The van der Waals surface area contributed by atoms with Crippen LogP contribution in [0.2, 0.25) is 0 Å². The summed E-state index contributed by atoms with van der Waals surface area (Å²) in [4.78, 5) is 61.3. The number of rotatable bonds is 11. The highest BCUT2D eigenvalue weighted by Gasteiger charge is 2.35. The average Bonchev–Trinajstić information content (AvgIpc) is 3.52. The summed E-state index contributed by atoms with van der Waals surface area (Å²) in [5.74, 6) is -3.19. The molecule has 15 heteroatoms. The number of halogens is 1. The van der Waals surface area contributed by atoms with Gasteiger partial charge >= 0.3 is 17.7 Å². The van der Waals surface area contributed by atoms with Crippen LogP contribution in [0.4, 0.5) is 20.6 Å². The normalized spacial score (nSPS) is 13.6. The summed E-state index contributed by atoms with van der Waals surface area (Å²) in [6.07, 6.45) is 1.21. The quantitative estimate of drug-likeness (QED) is 0.111. The van der Waals surface area contributed by atoms with Crippen molar-refractivity contribution < 1.29 is 47.1 Å². The molecule has 1 aromatic heterocycles. The van der Waals surface area contributed by atoms with E-state index in [0.29, 0.717) is 0 Å². The fourth-order valence-corrected chi connectivity index (χ4v) is 3.85. The summed E-state index contributed by atoms with van der Waals surface area (Å²) in [5, 5.41) is 16.7. The van der Waals surface area contributed by atoms with E-state index in [2.05, 4.69) is 15.4 Å². The molecule has 0 bridgehead atoms. The Balaban J connectivity index is 1.55. The van der Waals surface area contributed by atoms with Crippen LogP contribution in [0.3, 0.4) is 0 Å². The first-order valence-electron chi connectivity index (χ1n) is 12.2. The molecule has 0 saturated carbocycles. The van der Waals surface area contributed by atoms with Crippen molar-refractivity contribution in [3.05, 3.63) is 87.2 Å². The number of imide groups is 1. The van der Waals surface area contributed by atoms with Crippen molar-refractivity contribution in [1.29, 1.82) is 0 Å². The van der Waals surface area contributed by atoms with Crippen molar-refractivity contribution in [2.24, 2.45) is 0 Å². The molecule has 1 aliphatic heterocycles. The van der Waals surface area contributed by atoms with Gasteiger partial charge in [0.15, 0.2) is 12.4 Å². The number of hydrogen-bond donors (Lipinski definition) is 2. The number of nitrogens with zero attached hydrogens (tertiary/aromatic N) is 2. The summed E-state index contributed by atoms with van der Waals surface area (Å²) in [7, 11) is 1.17. The molecule has 2 aromatic carbocycles. The third-order valence-corrected chi connectivity index (χ3v) is 5.65. The number of nitro groups is 1. The van der Waals surface area contributed by atoms with E-state index in [1.165, 1.54) is 49.6 Å². The molecule has 2 N–H and O–H groups in total. The van der Waals surface area contributed by atoms with Gasteiger partial charge in [0.25, 0.3) is 11.8 Å². The Bertz CT molecular complexity index is 1600. The van der Waals surface area contributed by atoms with Gasteiger partial charge in [0.1, 0.15) is 17.3 Å². The fraction of sp³-hybridized carbons (Fsp3) is 0.185. The molecule has 0 radical (unpaired) electrons. The van der Waals surface area contributed by atoms with E-state index < -0.39 is 46.8 Å². The topological polar surface area (TPSA) is 180 Å². The summed E-state index contributed by atoms with van der Waals surface area (Å²) < 4.78 is 34.2. The lowest BCUT2D eigenvalue weighted by Crippen LogP contribution is -2.30. The molecule has 0 atom stereocenters. The molecule has 4 rings (SSSR count). The van der Waals surface area contributed by atoms with E-state index in [-0.39, 0.29) is 53.1 Å². The van der Waals surface area contributed by atoms with Crippen molar-refractivity contribution in [3.8, 4) is 11.5 Å². The van der Waals surface area contributed by atoms with Gasteiger partial charge in [0.2, 0.25) is 11.5 Å². The second kappa shape index (κ2) is 12.6. The molecule has 1 saturated heterocycles. The second-order valence-electron chi connectivity index (χ2n) is 8.54. The van der Waals surface area contributed by atoms with Crippen molar-refractivity contribution in [1.82, 2.24) is 10.2 Å². The number of amides is 4. The molecular weight excluding hydrogens is 559 g/mol. The molecule has 14 nitrogen and oxygen atoms in total. The number of benzene rings is 2. The van der Waals surface area contributed by atoms with E-state index in [4.69, 9.17) is 13.9 Å². The highest BCUT2D eigenvalue weighted by Crippen LogP contribution is 2.39. The minimum atomic E-state index is -0.786. The lowest BCUT2D eigenvalue weighted by atomic mass is 10.1. The number of anilines is 1. The molecular formula is C27H23FN4O10. The summed E-state index contributed by atoms with van der Waals surface area (Å²) >= 11 is 0. The van der Waals surface area contributed by atoms with Gasteiger partial charge in [-0.15, -0.1) is 0 Å². The zero-order valence-corrected chi connectivity index (χ0v) is 22.2. The Labute approximate surface area is 236 Å². The molecule has 1 fully saturated rings. The largest absolute Gasteiger partial charge is 0.490 e. The van der Waals surface area contributed by atoms with E-state index in [9.17, 15) is 33.7 Å². The van der Waals surface area contributed by atoms with E-state index in [0.717, 1.165) is 17.0 Å². The predicted octanol–water partition coefficient (Wildman–Crippen LogP) is 3.62. The smallest absolute Gasteiger partial charge is 0.373 e. The van der Waals surface area contributed by atoms with Gasteiger partial charge in [0.05, 0.1) is 25.2 Å². The zero-order valence-electron chi connectivity index (χ0n) is 22.2. The maximum atomic E-state index is 13.4. The highest BCUT2D eigenvalue weighted by molar-refractivity contribution is 6.14. The third-order valence-electron chi connectivity index (χ3n) is 5.65. The molecule has 1 aliphatic rings. The molecule has 0 unspecified atom stereocenters. The number of ether oxygens (including phenoxy) is 3. The Morgan fingerprint density at radius 2 is 1.95 bits per heavy atom.